The minimum atomic E-state index is -0.0110. The van der Waals surface area contributed by atoms with Crippen molar-refractivity contribution >= 4 is 11.4 Å². The van der Waals surface area contributed by atoms with Gasteiger partial charge in [-0.25, -0.2) is 4.85 Å². The van der Waals surface area contributed by atoms with Gasteiger partial charge < -0.3 is 14.1 Å². The highest BCUT2D eigenvalue weighted by molar-refractivity contribution is 6.05. The number of hydrogen-bond donors (Lipinski definition) is 0. The SMILES string of the molecule is [C-]#[N+]c1cc(-c2nc(-c3cccc4c3CC/C4=N/OC)no2)ccc1OC(C)C. The molecule has 0 saturated heterocycles. The summed E-state index contributed by atoms with van der Waals surface area (Å²) >= 11 is 0. The first-order chi connectivity index (χ1) is 14.1. The van der Waals surface area contributed by atoms with E-state index >= 15 is 0 Å². The lowest BCUT2D eigenvalue weighted by Gasteiger charge is -2.11. The molecule has 0 fully saturated rings. The second kappa shape index (κ2) is 7.76. The van der Waals surface area contributed by atoms with Crippen LogP contribution in [0.3, 0.4) is 0 Å². The number of oxime groups is 1. The average Bonchev–Trinajstić information content (AvgIpc) is 3.36. The quantitative estimate of drug-likeness (QED) is 0.452. The Labute approximate surface area is 168 Å². The number of hydrogen-bond acceptors (Lipinski definition) is 6. The number of nitrogens with zero attached hydrogens (tertiary/aromatic N) is 4. The van der Waals surface area contributed by atoms with E-state index in [9.17, 15) is 0 Å². The van der Waals surface area contributed by atoms with Crippen LogP contribution in [0.25, 0.3) is 27.7 Å². The number of aromatic nitrogens is 2. The molecule has 7 nitrogen and oxygen atoms in total. The molecule has 146 valence electrons. The second-order valence-corrected chi connectivity index (χ2v) is 6.94. The van der Waals surface area contributed by atoms with Gasteiger partial charge >= 0.3 is 0 Å². The van der Waals surface area contributed by atoms with Gasteiger partial charge in [0.15, 0.2) is 0 Å². The molecule has 29 heavy (non-hydrogen) atoms. The first-order valence-electron chi connectivity index (χ1n) is 9.35. The molecule has 0 N–H and O–H groups in total. The maximum atomic E-state index is 7.42. The molecule has 1 aromatic heterocycles. The van der Waals surface area contributed by atoms with Crippen molar-refractivity contribution < 1.29 is 14.1 Å². The number of ether oxygens (including phenoxy) is 1. The predicted molar refractivity (Wildman–Crippen MR) is 109 cm³/mol. The van der Waals surface area contributed by atoms with E-state index in [4.69, 9.17) is 20.7 Å². The van der Waals surface area contributed by atoms with Gasteiger partial charge in [-0.2, -0.15) is 4.98 Å². The number of fused-ring (bicyclic) bond motifs is 1. The lowest BCUT2D eigenvalue weighted by molar-refractivity contribution is 0.213. The van der Waals surface area contributed by atoms with Gasteiger partial charge in [0.25, 0.3) is 5.89 Å². The smallest absolute Gasteiger partial charge is 0.256 e. The summed E-state index contributed by atoms with van der Waals surface area (Å²) in [7, 11) is 1.55. The highest BCUT2D eigenvalue weighted by Gasteiger charge is 2.24. The standard InChI is InChI=1S/C22H20N4O3/c1-13(2)28-20-11-8-14(12-19(20)23-3)22-24-21(26-29-22)17-7-5-6-16-15(17)9-10-18(16)25-27-4/h5-8,11-13H,9-10H2,1-2,4H3/b25-18-. The van der Waals surface area contributed by atoms with Gasteiger partial charge in [-0.3, -0.25) is 0 Å². The van der Waals surface area contributed by atoms with E-state index in [1.165, 1.54) is 0 Å². The van der Waals surface area contributed by atoms with Gasteiger partial charge in [0, 0.05) is 16.7 Å². The van der Waals surface area contributed by atoms with E-state index < -0.39 is 0 Å². The van der Waals surface area contributed by atoms with E-state index in [2.05, 4.69) is 20.1 Å². The van der Waals surface area contributed by atoms with Crippen LogP contribution in [0.15, 0.2) is 46.1 Å². The summed E-state index contributed by atoms with van der Waals surface area (Å²) in [6.07, 6.45) is 1.65. The number of benzene rings is 2. The van der Waals surface area contributed by atoms with Crippen molar-refractivity contribution in [3.63, 3.8) is 0 Å². The van der Waals surface area contributed by atoms with Crippen LogP contribution in [-0.2, 0) is 11.3 Å². The third-order valence-electron chi connectivity index (χ3n) is 4.66. The first kappa shape index (κ1) is 18.7. The van der Waals surface area contributed by atoms with Crippen LogP contribution in [0.2, 0.25) is 0 Å². The van der Waals surface area contributed by atoms with Gasteiger partial charge in [0.2, 0.25) is 11.5 Å². The predicted octanol–water partition coefficient (Wildman–Crippen LogP) is 5.04. The Hall–Kier alpha value is -3.66. The molecule has 0 aliphatic heterocycles. The third kappa shape index (κ3) is 3.57. The molecule has 7 heteroatoms. The Morgan fingerprint density at radius 1 is 1.17 bits per heavy atom. The molecule has 0 spiro atoms. The summed E-state index contributed by atoms with van der Waals surface area (Å²) in [4.78, 5) is 13.1. The zero-order chi connectivity index (χ0) is 20.4. The second-order valence-electron chi connectivity index (χ2n) is 6.94. The van der Waals surface area contributed by atoms with Crippen molar-refractivity contribution in [3.8, 4) is 28.6 Å². The molecule has 3 aromatic rings. The van der Waals surface area contributed by atoms with E-state index in [-0.39, 0.29) is 6.10 Å². The summed E-state index contributed by atoms with van der Waals surface area (Å²) in [6.45, 7) is 11.3. The Morgan fingerprint density at radius 2 is 2.00 bits per heavy atom. The topological polar surface area (TPSA) is 74.1 Å². The van der Waals surface area contributed by atoms with Gasteiger partial charge in [-0.05, 0) is 50.5 Å². The monoisotopic (exact) mass is 388 g/mol. The van der Waals surface area contributed by atoms with E-state index in [1.54, 1.807) is 19.2 Å². The molecule has 1 aliphatic rings. The van der Waals surface area contributed by atoms with Crippen molar-refractivity contribution in [1.82, 2.24) is 10.1 Å². The molecule has 1 aliphatic carbocycles. The zero-order valence-corrected chi connectivity index (χ0v) is 16.5. The highest BCUT2D eigenvalue weighted by Crippen LogP contribution is 2.35. The molecule has 1 heterocycles. The average molecular weight is 388 g/mol. The lowest BCUT2D eigenvalue weighted by Crippen LogP contribution is -2.05. The molecule has 0 unspecified atom stereocenters. The summed E-state index contributed by atoms with van der Waals surface area (Å²) < 4.78 is 11.2. The van der Waals surface area contributed by atoms with Crippen LogP contribution in [0, 0.1) is 6.57 Å². The molecular weight excluding hydrogens is 368 g/mol. The summed E-state index contributed by atoms with van der Waals surface area (Å²) in [6, 6.07) is 11.3. The largest absolute Gasteiger partial charge is 0.502 e. The molecule has 4 rings (SSSR count). The third-order valence-corrected chi connectivity index (χ3v) is 4.66. The number of rotatable bonds is 5. The van der Waals surface area contributed by atoms with Crippen LogP contribution in [-0.4, -0.2) is 29.1 Å². The Bertz CT molecular complexity index is 1130. The van der Waals surface area contributed by atoms with Crippen molar-refractivity contribution in [2.45, 2.75) is 32.8 Å². The van der Waals surface area contributed by atoms with Crippen molar-refractivity contribution in [3.05, 3.63) is 58.9 Å². The van der Waals surface area contributed by atoms with Gasteiger partial charge in [0.1, 0.15) is 12.9 Å². The molecule has 0 atom stereocenters. The van der Waals surface area contributed by atoms with Crippen molar-refractivity contribution in [2.24, 2.45) is 5.16 Å². The van der Waals surface area contributed by atoms with Crippen LogP contribution in [0.4, 0.5) is 5.69 Å². The molecule has 0 radical (unpaired) electrons. The van der Waals surface area contributed by atoms with Crippen LogP contribution in [0.1, 0.15) is 31.4 Å². The van der Waals surface area contributed by atoms with E-state index in [0.29, 0.717) is 28.7 Å². The Balaban J connectivity index is 1.69. The van der Waals surface area contributed by atoms with Gasteiger partial charge in [0.05, 0.1) is 18.4 Å². The Kier molecular flexibility index (Phi) is 5.00. The first-order valence-corrected chi connectivity index (χ1v) is 9.35. The summed E-state index contributed by atoms with van der Waals surface area (Å²) in [5.74, 6) is 1.43. The van der Waals surface area contributed by atoms with Gasteiger partial charge in [-0.15, -0.1) is 0 Å². The van der Waals surface area contributed by atoms with Crippen molar-refractivity contribution in [2.75, 3.05) is 7.11 Å². The van der Waals surface area contributed by atoms with E-state index in [1.807, 2.05) is 38.1 Å². The summed E-state index contributed by atoms with van der Waals surface area (Å²) in [5, 5.41) is 8.28. The highest BCUT2D eigenvalue weighted by atomic mass is 16.6. The minimum Gasteiger partial charge on any atom is -0.502 e. The fourth-order valence-electron chi connectivity index (χ4n) is 3.46. The van der Waals surface area contributed by atoms with Crippen LogP contribution < -0.4 is 4.74 Å². The molecule has 0 bridgehead atoms. The molecular formula is C22H20N4O3. The summed E-state index contributed by atoms with van der Waals surface area (Å²) in [5.41, 5.74) is 5.14. The maximum absolute atomic E-state index is 7.42. The van der Waals surface area contributed by atoms with Crippen LogP contribution in [0.5, 0.6) is 5.75 Å². The van der Waals surface area contributed by atoms with Gasteiger partial charge in [-0.1, -0.05) is 28.5 Å². The normalized spacial score (nSPS) is 14.1. The van der Waals surface area contributed by atoms with E-state index in [0.717, 1.165) is 35.2 Å². The van der Waals surface area contributed by atoms with Crippen LogP contribution >= 0.6 is 0 Å². The van der Waals surface area contributed by atoms with Crippen molar-refractivity contribution in [1.29, 1.82) is 0 Å². The lowest BCUT2D eigenvalue weighted by atomic mass is 10.0. The minimum absolute atomic E-state index is 0.0110. The fourth-order valence-corrected chi connectivity index (χ4v) is 3.46. The molecule has 2 aromatic carbocycles. The zero-order valence-electron chi connectivity index (χ0n) is 16.5. The molecule has 0 saturated carbocycles. The molecule has 0 amide bonds. The Morgan fingerprint density at radius 3 is 2.76 bits per heavy atom. The fraction of sp³-hybridized carbons (Fsp3) is 0.273. The maximum Gasteiger partial charge on any atom is 0.256 e.